The van der Waals surface area contributed by atoms with Crippen molar-refractivity contribution >= 4 is 17.7 Å². The molecule has 1 atom stereocenters. The van der Waals surface area contributed by atoms with E-state index in [0.717, 1.165) is 24.9 Å². The lowest BCUT2D eigenvalue weighted by molar-refractivity contribution is -0.130. The van der Waals surface area contributed by atoms with E-state index in [9.17, 15) is 10.1 Å². The number of carbonyl (C=O) groups is 1. The van der Waals surface area contributed by atoms with Gasteiger partial charge in [-0.25, -0.2) is 0 Å². The van der Waals surface area contributed by atoms with Crippen molar-refractivity contribution in [1.29, 1.82) is 5.26 Å². The number of amides is 1. The summed E-state index contributed by atoms with van der Waals surface area (Å²) in [7, 11) is 0. The lowest BCUT2D eigenvalue weighted by Gasteiger charge is -2.47. The highest BCUT2D eigenvalue weighted by atomic mass is 16.5. The molecule has 1 aromatic carbocycles. The topological polar surface area (TPSA) is 56.6 Å². The fraction of sp³-hybridized carbons (Fsp3) is 0.565. The van der Waals surface area contributed by atoms with Gasteiger partial charge < -0.3 is 14.5 Å². The van der Waals surface area contributed by atoms with Gasteiger partial charge in [0.25, 0.3) is 5.91 Å². The largest absolute Gasteiger partial charge is 0.378 e. The van der Waals surface area contributed by atoms with Gasteiger partial charge in [-0.2, -0.15) is 5.26 Å². The number of nitriles is 1. The molecule has 5 heteroatoms. The Balaban J connectivity index is 1.92. The molecule has 0 radical (unpaired) electrons. The molecule has 2 aliphatic rings. The maximum Gasteiger partial charge on any atom is 0.264 e. The van der Waals surface area contributed by atoms with E-state index in [1.54, 1.807) is 11.0 Å². The molecule has 0 N–H and O–H groups in total. The summed E-state index contributed by atoms with van der Waals surface area (Å²) in [5.41, 5.74) is 3.82. The van der Waals surface area contributed by atoms with E-state index in [4.69, 9.17) is 4.74 Å². The van der Waals surface area contributed by atoms with Crippen LogP contribution >= 0.6 is 0 Å². The lowest BCUT2D eigenvalue weighted by atomic mass is 9.79. The first-order valence-electron chi connectivity index (χ1n) is 10.3. The predicted octanol–water partition coefficient (Wildman–Crippen LogP) is 3.95. The molecule has 1 amide bonds. The minimum Gasteiger partial charge on any atom is -0.378 e. The zero-order valence-electron chi connectivity index (χ0n) is 17.5. The van der Waals surface area contributed by atoms with Gasteiger partial charge in [-0.05, 0) is 61.9 Å². The zero-order valence-corrected chi connectivity index (χ0v) is 17.5. The smallest absolute Gasteiger partial charge is 0.264 e. The van der Waals surface area contributed by atoms with Crippen molar-refractivity contribution in [2.45, 2.75) is 52.0 Å². The number of benzene rings is 1. The van der Waals surface area contributed by atoms with Crippen LogP contribution in [0.5, 0.6) is 0 Å². The van der Waals surface area contributed by atoms with Gasteiger partial charge in [-0.15, -0.1) is 0 Å². The van der Waals surface area contributed by atoms with Gasteiger partial charge in [0.2, 0.25) is 0 Å². The molecule has 28 heavy (non-hydrogen) atoms. The van der Waals surface area contributed by atoms with Gasteiger partial charge >= 0.3 is 0 Å². The third-order valence-electron chi connectivity index (χ3n) is 5.82. The van der Waals surface area contributed by atoms with E-state index in [1.807, 2.05) is 6.07 Å². The first-order valence-corrected chi connectivity index (χ1v) is 10.3. The van der Waals surface area contributed by atoms with Crippen LogP contribution in [0.25, 0.3) is 6.08 Å². The molecule has 1 fully saturated rings. The molecule has 0 spiro atoms. The van der Waals surface area contributed by atoms with Crippen molar-refractivity contribution in [2.24, 2.45) is 0 Å². The van der Waals surface area contributed by atoms with Crippen LogP contribution in [0.3, 0.4) is 0 Å². The van der Waals surface area contributed by atoms with E-state index in [-0.39, 0.29) is 17.0 Å². The van der Waals surface area contributed by atoms with Crippen LogP contribution in [0.2, 0.25) is 0 Å². The molecule has 0 bridgehead atoms. The quantitative estimate of drug-likeness (QED) is 0.585. The van der Waals surface area contributed by atoms with Crippen LogP contribution in [0.4, 0.5) is 5.69 Å². The monoisotopic (exact) mass is 381 g/mol. The average Bonchev–Trinajstić information content (AvgIpc) is 2.69. The Morgan fingerprint density at radius 1 is 1.36 bits per heavy atom. The number of nitrogens with zero attached hydrogens (tertiary/aromatic N) is 3. The fourth-order valence-corrected chi connectivity index (χ4v) is 4.49. The second kappa shape index (κ2) is 8.36. The van der Waals surface area contributed by atoms with E-state index in [1.165, 1.54) is 11.3 Å². The summed E-state index contributed by atoms with van der Waals surface area (Å²) in [6, 6.07) is 8.44. The van der Waals surface area contributed by atoms with Gasteiger partial charge in [0, 0.05) is 30.9 Å². The molecular weight excluding hydrogens is 350 g/mol. The molecule has 0 aromatic heterocycles. The summed E-state index contributed by atoms with van der Waals surface area (Å²) in [4.78, 5) is 16.9. The number of morpholine rings is 1. The molecule has 3 rings (SSSR count). The molecule has 2 aliphatic heterocycles. The van der Waals surface area contributed by atoms with E-state index in [2.05, 4.69) is 50.8 Å². The second-order valence-electron chi connectivity index (χ2n) is 8.46. The SMILES string of the molecule is CCCN1c2ccc(/C=C(\C#N)C(=O)N3CCOCC3)cc2C(C)CC1(C)C. The van der Waals surface area contributed by atoms with Crippen LogP contribution in [-0.2, 0) is 9.53 Å². The van der Waals surface area contributed by atoms with E-state index in [0.29, 0.717) is 32.2 Å². The maximum atomic E-state index is 12.7. The van der Waals surface area contributed by atoms with Crippen molar-refractivity contribution < 1.29 is 9.53 Å². The molecular formula is C23H31N3O2. The molecule has 150 valence electrons. The average molecular weight is 382 g/mol. The van der Waals surface area contributed by atoms with Gasteiger partial charge in [0.05, 0.1) is 13.2 Å². The molecule has 5 nitrogen and oxygen atoms in total. The van der Waals surface area contributed by atoms with Crippen LogP contribution in [-0.4, -0.2) is 49.2 Å². The van der Waals surface area contributed by atoms with Crippen molar-refractivity contribution in [3.05, 3.63) is 34.9 Å². The number of ether oxygens (including phenoxy) is 1. The molecule has 0 aliphatic carbocycles. The van der Waals surface area contributed by atoms with Gasteiger partial charge in [0.15, 0.2) is 0 Å². The van der Waals surface area contributed by atoms with E-state index < -0.39 is 0 Å². The number of fused-ring (bicyclic) bond motifs is 1. The van der Waals surface area contributed by atoms with E-state index >= 15 is 0 Å². The molecule has 2 heterocycles. The van der Waals surface area contributed by atoms with Crippen molar-refractivity contribution in [2.75, 3.05) is 37.7 Å². The molecule has 1 saturated heterocycles. The highest BCUT2D eigenvalue weighted by Gasteiger charge is 2.35. The van der Waals surface area contributed by atoms with Gasteiger partial charge in [-0.3, -0.25) is 4.79 Å². The predicted molar refractivity (Wildman–Crippen MR) is 112 cm³/mol. The van der Waals surface area contributed by atoms with Crippen LogP contribution in [0.1, 0.15) is 57.6 Å². The number of hydrogen-bond donors (Lipinski definition) is 0. The number of anilines is 1. The normalized spacial score (nSPS) is 21.8. The third kappa shape index (κ3) is 4.07. The Morgan fingerprint density at radius 3 is 2.71 bits per heavy atom. The maximum absolute atomic E-state index is 12.7. The number of carbonyl (C=O) groups excluding carboxylic acids is 1. The van der Waals surface area contributed by atoms with Gasteiger partial charge in [-0.1, -0.05) is 19.9 Å². The van der Waals surface area contributed by atoms with Gasteiger partial charge in [0.1, 0.15) is 11.6 Å². The molecule has 1 unspecified atom stereocenters. The van der Waals surface area contributed by atoms with Crippen molar-refractivity contribution in [3.8, 4) is 6.07 Å². The summed E-state index contributed by atoms with van der Waals surface area (Å²) >= 11 is 0. The van der Waals surface area contributed by atoms with Crippen LogP contribution in [0, 0.1) is 11.3 Å². The fourth-order valence-electron chi connectivity index (χ4n) is 4.49. The lowest BCUT2D eigenvalue weighted by Crippen LogP contribution is -2.48. The van der Waals surface area contributed by atoms with Crippen LogP contribution < -0.4 is 4.90 Å². The number of hydrogen-bond acceptors (Lipinski definition) is 4. The Bertz CT molecular complexity index is 801. The summed E-state index contributed by atoms with van der Waals surface area (Å²) in [6.45, 7) is 12.3. The molecule has 0 saturated carbocycles. The standard InChI is InChI=1S/C23H31N3O2/c1-5-8-26-21-7-6-18(14-20(21)17(2)15-23(26,3)4)13-19(16-24)22(27)25-9-11-28-12-10-25/h6-7,13-14,17H,5,8-12,15H2,1-4H3/b19-13+. The minimum atomic E-state index is -0.203. The Labute approximate surface area is 168 Å². The minimum absolute atomic E-state index is 0.129. The van der Waals surface area contributed by atoms with Crippen molar-refractivity contribution in [3.63, 3.8) is 0 Å². The Morgan fingerprint density at radius 2 is 2.07 bits per heavy atom. The third-order valence-corrected chi connectivity index (χ3v) is 5.82. The second-order valence-corrected chi connectivity index (χ2v) is 8.46. The molecule has 1 aromatic rings. The van der Waals surface area contributed by atoms with Crippen LogP contribution in [0.15, 0.2) is 23.8 Å². The summed E-state index contributed by atoms with van der Waals surface area (Å²) in [6.07, 6.45) is 3.92. The first kappa shape index (κ1) is 20.4. The zero-order chi connectivity index (χ0) is 20.3. The Kier molecular flexibility index (Phi) is 6.10. The summed E-state index contributed by atoms with van der Waals surface area (Å²) < 4.78 is 5.30. The van der Waals surface area contributed by atoms with Crippen molar-refractivity contribution in [1.82, 2.24) is 4.90 Å². The summed E-state index contributed by atoms with van der Waals surface area (Å²) in [5.74, 6) is 0.234. The first-order chi connectivity index (χ1) is 13.4. The highest BCUT2D eigenvalue weighted by molar-refractivity contribution is 6.01. The highest BCUT2D eigenvalue weighted by Crippen LogP contribution is 2.43. The number of rotatable bonds is 4. The summed E-state index contributed by atoms with van der Waals surface area (Å²) in [5, 5.41) is 9.55. The Hall–Kier alpha value is -2.32.